The summed E-state index contributed by atoms with van der Waals surface area (Å²) in [7, 11) is 0. The van der Waals surface area contributed by atoms with Crippen molar-refractivity contribution >= 4 is 17.2 Å². The molecular weight excluding hydrogens is 352 g/mol. The van der Waals surface area contributed by atoms with Crippen LogP contribution >= 0.6 is 11.3 Å². The summed E-state index contributed by atoms with van der Waals surface area (Å²) in [6.07, 6.45) is 0. The summed E-state index contributed by atoms with van der Waals surface area (Å²) in [6, 6.07) is 4.91. The number of carbonyl (C=O) groups is 1. The number of hydrogen-bond donors (Lipinski definition) is 1. The van der Waals surface area contributed by atoms with E-state index < -0.39 is 0 Å². The van der Waals surface area contributed by atoms with Gasteiger partial charge in [0.2, 0.25) is 5.91 Å². The van der Waals surface area contributed by atoms with E-state index in [1.165, 1.54) is 6.07 Å². The Morgan fingerprint density at radius 3 is 2.58 bits per heavy atom. The maximum atomic E-state index is 12.2. The summed E-state index contributed by atoms with van der Waals surface area (Å²) < 4.78 is 2.79. The molecule has 0 aliphatic heterocycles. The molecule has 0 atom stereocenters. The zero-order chi connectivity index (χ0) is 18.8. The van der Waals surface area contributed by atoms with Crippen molar-refractivity contribution < 1.29 is 4.79 Å². The van der Waals surface area contributed by atoms with Crippen LogP contribution < -0.4 is 10.9 Å². The van der Waals surface area contributed by atoms with Crippen LogP contribution in [-0.4, -0.2) is 30.5 Å². The highest BCUT2D eigenvalue weighted by Crippen LogP contribution is 2.16. The minimum Gasteiger partial charge on any atom is -0.350 e. The zero-order valence-corrected chi connectivity index (χ0v) is 15.9. The molecule has 3 rings (SSSR count). The van der Waals surface area contributed by atoms with Crippen LogP contribution in [0.2, 0.25) is 0 Å². The van der Waals surface area contributed by atoms with E-state index in [-0.39, 0.29) is 18.0 Å². The van der Waals surface area contributed by atoms with Gasteiger partial charge >= 0.3 is 0 Å². The summed E-state index contributed by atoms with van der Waals surface area (Å²) in [5.41, 5.74) is 2.33. The average molecular weight is 372 g/mol. The van der Waals surface area contributed by atoms with Gasteiger partial charge in [-0.05, 0) is 39.8 Å². The third kappa shape index (κ3) is 3.88. The molecule has 9 heteroatoms. The minimum atomic E-state index is -0.338. The van der Waals surface area contributed by atoms with Gasteiger partial charge in [0.15, 0.2) is 5.82 Å². The van der Waals surface area contributed by atoms with E-state index in [1.54, 1.807) is 22.1 Å². The number of aromatic nitrogens is 5. The number of amides is 1. The molecule has 0 aliphatic carbocycles. The average Bonchev–Trinajstić information content (AvgIpc) is 3.08. The standard InChI is InChI=1S/C17H20N6O2S/c1-10-7-11(2)23(20-10)15-5-6-17(25)22(21-15)9-16(24)18-8-14-12(3)19-13(4)26-14/h5-7H,8-9H2,1-4H3,(H,18,24). The molecule has 0 aliphatic rings. The van der Waals surface area contributed by atoms with E-state index in [1.807, 2.05) is 33.8 Å². The molecule has 0 saturated heterocycles. The highest BCUT2D eigenvalue weighted by atomic mass is 32.1. The van der Waals surface area contributed by atoms with Crippen LogP contribution in [0.3, 0.4) is 0 Å². The zero-order valence-electron chi connectivity index (χ0n) is 15.1. The Morgan fingerprint density at radius 2 is 1.96 bits per heavy atom. The molecule has 136 valence electrons. The van der Waals surface area contributed by atoms with E-state index in [0.29, 0.717) is 12.4 Å². The predicted molar refractivity (Wildman–Crippen MR) is 98.5 cm³/mol. The van der Waals surface area contributed by atoms with Crippen LogP contribution in [0.4, 0.5) is 0 Å². The van der Waals surface area contributed by atoms with Crippen molar-refractivity contribution in [3.05, 3.63) is 55.5 Å². The van der Waals surface area contributed by atoms with Crippen LogP contribution in [0.15, 0.2) is 23.0 Å². The first-order chi connectivity index (χ1) is 12.3. The van der Waals surface area contributed by atoms with Crippen LogP contribution in [0.1, 0.15) is 27.0 Å². The molecule has 3 heterocycles. The van der Waals surface area contributed by atoms with Gasteiger partial charge in [-0.1, -0.05) is 0 Å². The summed E-state index contributed by atoms with van der Waals surface area (Å²) >= 11 is 1.55. The Bertz CT molecular complexity index is 1020. The smallest absolute Gasteiger partial charge is 0.267 e. The molecule has 0 spiro atoms. The fourth-order valence-corrected chi connectivity index (χ4v) is 3.51. The van der Waals surface area contributed by atoms with Crippen molar-refractivity contribution in [3.63, 3.8) is 0 Å². The number of thiazole rings is 1. The van der Waals surface area contributed by atoms with Crippen molar-refractivity contribution in [2.24, 2.45) is 0 Å². The molecule has 8 nitrogen and oxygen atoms in total. The normalized spacial score (nSPS) is 10.9. The molecular formula is C17H20N6O2S. The van der Waals surface area contributed by atoms with Gasteiger partial charge in [-0.15, -0.1) is 16.4 Å². The van der Waals surface area contributed by atoms with Crippen LogP contribution in [0.25, 0.3) is 5.82 Å². The summed E-state index contributed by atoms with van der Waals surface area (Å²) in [5.74, 6) is 0.215. The number of aryl methyl sites for hydroxylation is 4. The maximum absolute atomic E-state index is 12.2. The van der Waals surface area contributed by atoms with Gasteiger partial charge in [-0.2, -0.15) is 5.10 Å². The number of nitrogens with one attached hydrogen (secondary N) is 1. The number of hydrogen-bond acceptors (Lipinski definition) is 6. The van der Waals surface area contributed by atoms with Crippen LogP contribution in [-0.2, 0) is 17.9 Å². The molecule has 0 saturated carbocycles. The van der Waals surface area contributed by atoms with Crippen molar-refractivity contribution in [3.8, 4) is 5.82 Å². The first kappa shape index (κ1) is 18.0. The molecule has 3 aromatic rings. The summed E-state index contributed by atoms with van der Waals surface area (Å²) in [6.45, 7) is 7.87. The fraction of sp³-hybridized carbons (Fsp3) is 0.353. The lowest BCUT2D eigenvalue weighted by Gasteiger charge is -2.08. The van der Waals surface area contributed by atoms with Crippen molar-refractivity contribution in [1.82, 2.24) is 29.9 Å². The second kappa shape index (κ2) is 7.20. The molecule has 0 aromatic carbocycles. The second-order valence-electron chi connectivity index (χ2n) is 6.04. The van der Waals surface area contributed by atoms with Crippen molar-refractivity contribution in [2.45, 2.75) is 40.8 Å². The highest BCUT2D eigenvalue weighted by Gasteiger charge is 2.11. The molecule has 0 radical (unpaired) electrons. The van der Waals surface area contributed by atoms with E-state index in [0.717, 1.165) is 31.6 Å². The van der Waals surface area contributed by atoms with E-state index >= 15 is 0 Å². The number of carbonyl (C=O) groups excluding carboxylic acids is 1. The Hall–Kier alpha value is -2.81. The minimum absolute atomic E-state index is 0.150. The third-order valence-corrected chi connectivity index (χ3v) is 4.89. The van der Waals surface area contributed by atoms with Gasteiger partial charge in [0.1, 0.15) is 6.54 Å². The first-order valence-electron chi connectivity index (χ1n) is 8.15. The molecule has 3 aromatic heterocycles. The van der Waals surface area contributed by atoms with Crippen LogP contribution in [0.5, 0.6) is 0 Å². The molecule has 1 N–H and O–H groups in total. The lowest BCUT2D eigenvalue weighted by Crippen LogP contribution is -2.33. The monoisotopic (exact) mass is 372 g/mol. The van der Waals surface area contributed by atoms with Gasteiger partial charge in [0, 0.05) is 16.6 Å². The van der Waals surface area contributed by atoms with Gasteiger partial charge < -0.3 is 5.32 Å². The highest BCUT2D eigenvalue weighted by molar-refractivity contribution is 7.11. The first-order valence-corrected chi connectivity index (χ1v) is 8.96. The summed E-state index contributed by atoms with van der Waals surface area (Å²) in [4.78, 5) is 29.6. The molecule has 26 heavy (non-hydrogen) atoms. The van der Waals surface area contributed by atoms with Crippen LogP contribution in [0, 0.1) is 27.7 Å². The Morgan fingerprint density at radius 1 is 1.19 bits per heavy atom. The maximum Gasteiger partial charge on any atom is 0.267 e. The van der Waals surface area contributed by atoms with Gasteiger partial charge in [0.25, 0.3) is 5.56 Å². The number of nitrogens with zero attached hydrogens (tertiary/aromatic N) is 5. The fourth-order valence-electron chi connectivity index (χ4n) is 2.63. The van der Waals surface area contributed by atoms with Gasteiger partial charge in [-0.25, -0.2) is 14.3 Å². The molecule has 0 bridgehead atoms. The quantitative estimate of drug-likeness (QED) is 0.731. The largest absolute Gasteiger partial charge is 0.350 e. The predicted octanol–water partition coefficient (Wildman–Crippen LogP) is 1.44. The molecule has 0 fully saturated rings. The van der Waals surface area contributed by atoms with E-state index in [2.05, 4.69) is 20.5 Å². The Balaban J connectivity index is 1.73. The van der Waals surface area contributed by atoms with Crippen molar-refractivity contribution in [2.75, 3.05) is 0 Å². The Kier molecular flexibility index (Phi) is 4.99. The SMILES string of the molecule is Cc1cc(C)n(-c2ccc(=O)n(CC(=O)NCc3sc(C)nc3C)n2)n1. The lowest BCUT2D eigenvalue weighted by atomic mass is 10.4. The van der Waals surface area contributed by atoms with Gasteiger partial charge in [-0.3, -0.25) is 9.59 Å². The third-order valence-electron chi connectivity index (χ3n) is 3.82. The Labute approximate surface area is 154 Å². The molecule has 1 amide bonds. The van der Waals surface area contributed by atoms with E-state index in [4.69, 9.17) is 0 Å². The van der Waals surface area contributed by atoms with E-state index in [9.17, 15) is 9.59 Å². The topological polar surface area (TPSA) is 94.7 Å². The van der Waals surface area contributed by atoms with Gasteiger partial charge in [0.05, 0.1) is 22.9 Å². The summed E-state index contributed by atoms with van der Waals surface area (Å²) in [5, 5.41) is 12.4. The molecule has 0 unspecified atom stereocenters. The number of rotatable bonds is 5. The second-order valence-corrected chi connectivity index (χ2v) is 7.33. The lowest BCUT2D eigenvalue weighted by molar-refractivity contribution is -0.122. The van der Waals surface area contributed by atoms with Crippen molar-refractivity contribution in [1.29, 1.82) is 0 Å².